The maximum atomic E-state index is 13.0. The standard InChI is InChI=1S/C24H20O6/c25-16-9-6-14(7-10-16)8-11-18(26)23-20(28)13-19(27)22-17(12-21(29)30-24(22)23)15-4-2-1-3-5-15/h1-7,9-10,13,17,25,27-28H,8,11-12H2/t17-/m1/s1. The van der Waals surface area contributed by atoms with Gasteiger partial charge in [-0.2, -0.15) is 0 Å². The molecule has 1 heterocycles. The number of phenols is 3. The molecule has 0 saturated heterocycles. The van der Waals surface area contributed by atoms with Crippen LogP contribution in [0.2, 0.25) is 0 Å². The van der Waals surface area contributed by atoms with Crippen LogP contribution < -0.4 is 4.74 Å². The average Bonchev–Trinajstić information content (AvgIpc) is 2.73. The smallest absolute Gasteiger partial charge is 0.312 e. The predicted octanol–water partition coefficient (Wildman–Crippen LogP) is 4.06. The lowest BCUT2D eigenvalue weighted by Gasteiger charge is -2.27. The molecule has 0 spiro atoms. The third-order valence-corrected chi connectivity index (χ3v) is 5.27. The maximum absolute atomic E-state index is 13.0. The number of rotatable bonds is 5. The van der Waals surface area contributed by atoms with E-state index in [0.717, 1.165) is 17.2 Å². The number of phenolic OH excluding ortho intramolecular Hbond substituents is 3. The molecule has 152 valence electrons. The van der Waals surface area contributed by atoms with Crippen LogP contribution in [0.5, 0.6) is 23.0 Å². The highest BCUT2D eigenvalue weighted by Crippen LogP contribution is 2.48. The summed E-state index contributed by atoms with van der Waals surface area (Å²) in [6.07, 6.45) is 0.462. The summed E-state index contributed by atoms with van der Waals surface area (Å²) >= 11 is 0. The van der Waals surface area contributed by atoms with E-state index in [0.29, 0.717) is 12.0 Å². The third-order valence-electron chi connectivity index (χ3n) is 5.27. The fraction of sp³-hybridized carbons (Fsp3) is 0.167. The molecule has 0 fully saturated rings. The van der Waals surface area contributed by atoms with E-state index >= 15 is 0 Å². The third kappa shape index (κ3) is 3.72. The highest BCUT2D eigenvalue weighted by Gasteiger charge is 2.36. The van der Waals surface area contributed by atoms with Gasteiger partial charge in [-0.25, -0.2) is 0 Å². The van der Waals surface area contributed by atoms with Crippen molar-refractivity contribution in [2.45, 2.75) is 25.2 Å². The Bertz CT molecular complexity index is 1100. The summed E-state index contributed by atoms with van der Waals surface area (Å²) in [6, 6.07) is 16.8. The molecule has 0 bridgehead atoms. The summed E-state index contributed by atoms with van der Waals surface area (Å²) in [6.45, 7) is 0. The minimum absolute atomic E-state index is 0.0243. The molecule has 3 aromatic rings. The molecule has 0 aliphatic carbocycles. The Kier molecular flexibility index (Phi) is 5.14. The molecule has 0 saturated carbocycles. The van der Waals surface area contributed by atoms with Gasteiger partial charge in [0.25, 0.3) is 0 Å². The van der Waals surface area contributed by atoms with Crippen molar-refractivity contribution >= 4 is 11.8 Å². The molecule has 4 rings (SSSR count). The first-order valence-corrected chi connectivity index (χ1v) is 9.59. The number of fused-ring (bicyclic) bond motifs is 1. The van der Waals surface area contributed by atoms with Crippen LogP contribution in [-0.2, 0) is 11.2 Å². The van der Waals surface area contributed by atoms with Crippen LogP contribution in [0.4, 0.5) is 0 Å². The van der Waals surface area contributed by atoms with Crippen LogP contribution in [-0.4, -0.2) is 27.1 Å². The van der Waals surface area contributed by atoms with E-state index in [1.54, 1.807) is 12.1 Å². The van der Waals surface area contributed by atoms with Crippen LogP contribution in [0.25, 0.3) is 0 Å². The van der Waals surface area contributed by atoms with E-state index in [2.05, 4.69) is 0 Å². The molecule has 0 amide bonds. The molecule has 6 heteroatoms. The van der Waals surface area contributed by atoms with Gasteiger partial charge in [0, 0.05) is 24.0 Å². The zero-order chi connectivity index (χ0) is 21.3. The summed E-state index contributed by atoms with van der Waals surface area (Å²) in [5.74, 6) is -2.01. The lowest BCUT2D eigenvalue weighted by atomic mass is 9.83. The summed E-state index contributed by atoms with van der Waals surface area (Å²) in [5, 5.41) is 30.3. The summed E-state index contributed by atoms with van der Waals surface area (Å²) in [4.78, 5) is 25.3. The number of aromatic hydroxyl groups is 3. The van der Waals surface area contributed by atoms with Crippen LogP contribution in [0, 0.1) is 0 Å². The van der Waals surface area contributed by atoms with Crippen molar-refractivity contribution in [3.8, 4) is 23.0 Å². The Balaban J connectivity index is 1.71. The molecule has 1 aliphatic rings. The van der Waals surface area contributed by atoms with Crippen LogP contribution in [0.15, 0.2) is 60.7 Å². The first-order chi connectivity index (χ1) is 14.4. The SMILES string of the molecule is O=C1C[C@H](c2ccccc2)c2c(O)cc(O)c(C(=O)CCc3ccc(O)cc3)c2O1. The Labute approximate surface area is 173 Å². The number of hydrogen-bond donors (Lipinski definition) is 3. The number of benzene rings is 3. The summed E-state index contributed by atoms with van der Waals surface area (Å²) in [7, 11) is 0. The first kappa shape index (κ1) is 19.5. The zero-order valence-electron chi connectivity index (χ0n) is 16.0. The molecule has 6 nitrogen and oxygen atoms in total. The van der Waals surface area contributed by atoms with Gasteiger partial charge in [-0.05, 0) is 29.7 Å². The number of esters is 1. The molecule has 0 radical (unpaired) electrons. The van der Waals surface area contributed by atoms with Gasteiger partial charge in [-0.3, -0.25) is 9.59 Å². The largest absolute Gasteiger partial charge is 0.508 e. The van der Waals surface area contributed by atoms with Gasteiger partial charge in [0.1, 0.15) is 22.8 Å². The molecule has 3 aromatic carbocycles. The van der Waals surface area contributed by atoms with E-state index in [1.165, 1.54) is 12.1 Å². The summed E-state index contributed by atoms with van der Waals surface area (Å²) in [5.41, 5.74) is 1.87. The minimum Gasteiger partial charge on any atom is -0.508 e. The highest BCUT2D eigenvalue weighted by molar-refractivity contribution is 6.03. The number of aryl methyl sites for hydroxylation is 1. The summed E-state index contributed by atoms with van der Waals surface area (Å²) < 4.78 is 5.35. The Hall–Kier alpha value is -3.80. The van der Waals surface area contributed by atoms with Crippen molar-refractivity contribution in [2.24, 2.45) is 0 Å². The quantitative estimate of drug-likeness (QED) is 0.337. The second-order valence-corrected chi connectivity index (χ2v) is 7.26. The van der Waals surface area contributed by atoms with Crippen molar-refractivity contribution in [1.29, 1.82) is 0 Å². The number of carbonyl (C=O) groups is 2. The number of ketones is 1. The Morgan fingerprint density at radius 1 is 0.967 bits per heavy atom. The van der Waals surface area contributed by atoms with Gasteiger partial charge in [0.15, 0.2) is 11.5 Å². The average molecular weight is 404 g/mol. The minimum atomic E-state index is -0.533. The molecule has 3 N–H and O–H groups in total. The molecule has 1 aliphatic heterocycles. The second kappa shape index (κ2) is 7.91. The molecular weight excluding hydrogens is 384 g/mol. The molecular formula is C24H20O6. The van der Waals surface area contributed by atoms with E-state index in [9.17, 15) is 24.9 Å². The lowest BCUT2D eigenvalue weighted by molar-refractivity contribution is -0.135. The van der Waals surface area contributed by atoms with Crippen LogP contribution >= 0.6 is 0 Å². The van der Waals surface area contributed by atoms with E-state index in [1.807, 2.05) is 30.3 Å². The molecule has 1 atom stereocenters. The van der Waals surface area contributed by atoms with E-state index in [4.69, 9.17) is 4.74 Å². The number of ether oxygens (including phenoxy) is 1. The highest BCUT2D eigenvalue weighted by atomic mass is 16.5. The number of carbonyl (C=O) groups excluding carboxylic acids is 2. The van der Waals surface area contributed by atoms with Crippen molar-refractivity contribution in [2.75, 3.05) is 0 Å². The fourth-order valence-corrected chi connectivity index (χ4v) is 3.80. The number of hydrogen-bond acceptors (Lipinski definition) is 6. The Morgan fingerprint density at radius 2 is 1.67 bits per heavy atom. The number of Topliss-reactive ketones (excluding diaryl/α,β-unsaturated/α-hetero) is 1. The first-order valence-electron chi connectivity index (χ1n) is 9.59. The van der Waals surface area contributed by atoms with Gasteiger partial charge in [-0.1, -0.05) is 42.5 Å². The topological polar surface area (TPSA) is 104 Å². The lowest BCUT2D eigenvalue weighted by Crippen LogP contribution is -2.23. The monoisotopic (exact) mass is 404 g/mol. The molecule has 0 aromatic heterocycles. The van der Waals surface area contributed by atoms with Gasteiger partial charge >= 0.3 is 5.97 Å². The van der Waals surface area contributed by atoms with Crippen LogP contribution in [0.1, 0.15) is 45.8 Å². The van der Waals surface area contributed by atoms with Gasteiger partial charge in [0.05, 0.1) is 6.42 Å². The van der Waals surface area contributed by atoms with Crippen molar-refractivity contribution in [3.63, 3.8) is 0 Å². The van der Waals surface area contributed by atoms with Gasteiger partial charge in [-0.15, -0.1) is 0 Å². The molecule has 0 unspecified atom stereocenters. The fourth-order valence-electron chi connectivity index (χ4n) is 3.80. The van der Waals surface area contributed by atoms with Gasteiger partial charge < -0.3 is 20.1 Å². The predicted molar refractivity (Wildman–Crippen MR) is 109 cm³/mol. The van der Waals surface area contributed by atoms with Crippen molar-refractivity contribution in [1.82, 2.24) is 0 Å². The van der Waals surface area contributed by atoms with Crippen molar-refractivity contribution < 1.29 is 29.6 Å². The Morgan fingerprint density at radius 3 is 2.37 bits per heavy atom. The van der Waals surface area contributed by atoms with E-state index in [-0.39, 0.29) is 35.7 Å². The maximum Gasteiger partial charge on any atom is 0.312 e. The molecule has 30 heavy (non-hydrogen) atoms. The second-order valence-electron chi connectivity index (χ2n) is 7.26. The normalized spacial score (nSPS) is 15.3. The van der Waals surface area contributed by atoms with Crippen molar-refractivity contribution in [3.05, 3.63) is 82.9 Å². The van der Waals surface area contributed by atoms with E-state index < -0.39 is 23.4 Å². The van der Waals surface area contributed by atoms with Gasteiger partial charge in [0.2, 0.25) is 0 Å². The zero-order valence-corrected chi connectivity index (χ0v) is 16.0. The van der Waals surface area contributed by atoms with Crippen LogP contribution in [0.3, 0.4) is 0 Å².